The third-order valence-electron chi connectivity index (χ3n) is 0.931. The van der Waals surface area contributed by atoms with Gasteiger partial charge in [0, 0.05) is 6.42 Å². The molecule has 0 aliphatic carbocycles. The van der Waals surface area contributed by atoms with Gasteiger partial charge in [-0.05, 0) is 6.92 Å². The Hall–Kier alpha value is -0.280. The van der Waals surface area contributed by atoms with E-state index >= 15 is 0 Å². The SMILES string of the molecule is CC(F)C(F)(F)C[CH]F. The first kappa shape index (κ1) is 8.72. The molecule has 0 fully saturated rings. The summed E-state index contributed by atoms with van der Waals surface area (Å²) in [6, 6.07) is 0. The molecule has 0 aromatic rings. The number of halogens is 4. The van der Waals surface area contributed by atoms with Gasteiger partial charge in [-0.1, -0.05) is 0 Å². The molecule has 0 amide bonds. The van der Waals surface area contributed by atoms with Gasteiger partial charge >= 0.3 is 0 Å². The molecule has 1 atom stereocenters. The molecule has 0 aromatic carbocycles. The van der Waals surface area contributed by atoms with Crippen LogP contribution >= 0.6 is 0 Å². The van der Waals surface area contributed by atoms with E-state index < -0.39 is 18.5 Å². The second-order valence-corrected chi connectivity index (χ2v) is 1.74. The molecule has 0 aliphatic heterocycles. The van der Waals surface area contributed by atoms with Crippen LogP contribution in [0.15, 0.2) is 0 Å². The minimum atomic E-state index is -3.55. The number of rotatable bonds is 3. The largest absolute Gasteiger partial charge is 0.281 e. The topological polar surface area (TPSA) is 0 Å². The summed E-state index contributed by atoms with van der Waals surface area (Å²) in [6.07, 6.45) is -3.44. The quantitative estimate of drug-likeness (QED) is 0.532. The Balaban J connectivity index is 3.70. The van der Waals surface area contributed by atoms with Gasteiger partial charge in [-0.15, -0.1) is 0 Å². The van der Waals surface area contributed by atoms with Gasteiger partial charge in [0.2, 0.25) is 0 Å². The standard InChI is InChI=1S/C5H7F4/c1-4(7)5(8,9)2-3-6/h3-4H,2H2,1H3. The van der Waals surface area contributed by atoms with E-state index in [9.17, 15) is 17.6 Å². The maximum Gasteiger partial charge on any atom is 0.281 e. The Morgan fingerprint density at radius 1 is 1.56 bits per heavy atom. The normalized spacial score (nSPS) is 15.7. The van der Waals surface area contributed by atoms with Gasteiger partial charge in [0.1, 0.15) is 6.67 Å². The van der Waals surface area contributed by atoms with Crippen molar-refractivity contribution in [3.8, 4) is 0 Å². The van der Waals surface area contributed by atoms with Crippen molar-refractivity contribution in [2.75, 3.05) is 0 Å². The molecule has 0 bridgehead atoms. The van der Waals surface area contributed by atoms with Gasteiger partial charge in [-0.25, -0.2) is 17.6 Å². The van der Waals surface area contributed by atoms with Crippen LogP contribution in [0.2, 0.25) is 0 Å². The molecular weight excluding hydrogens is 136 g/mol. The smallest absolute Gasteiger partial charge is 0.244 e. The van der Waals surface area contributed by atoms with E-state index in [1.54, 1.807) is 0 Å². The summed E-state index contributed by atoms with van der Waals surface area (Å²) in [5.74, 6) is -3.55. The average molecular weight is 143 g/mol. The Morgan fingerprint density at radius 3 is 2.11 bits per heavy atom. The van der Waals surface area contributed by atoms with E-state index in [1.165, 1.54) is 0 Å². The van der Waals surface area contributed by atoms with Crippen LogP contribution in [-0.4, -0.2) is 12.1 Å². The van der Waals surface area contributed by atoms with Gasteiger partial charge in [0.25, 0.3) is 5.92 Å². The summed E-state index contributed by atoms with van der Waals surface area (Å²) in [6.45, 7) is 0.458. The molecule has 1 radical (unpaired) electrons. The molecule has 0 rings (SSSR count). The second-order valence-electron chi connectivity index (χ2n) is 1.74. The lowest BCUT2D eigenvalue weighted by Gasteiger charge is -2.14. The van der Waals surface area contributed by atoms with Crippen molar-refractivity contribution in [2.45, 2.75) is 25.4 Å². The molecule has 55 valence electrons. The average Bonchev–Trinajstić information content (AvgIpc) is 1.65. The molecule has 0 aromatic heterocycles. The summed E-state index contributed by atoms with van der Waals surface area (Å²) >= 11 is 0. The van der Waals surface area contributed by atoms with Crippen molar-refractivity contribution in [3.63, 3.8) is 0 Å². The molecule has 0 aliphatic rings. The Labute approximate surface area is 50.9 Å². The molecule has 0 saturated heterocycles. The van der Waals surface area contributed by atoms with E-state index in [0.717, 1.165) is 0 Å². The number of hydrogen-bond acceptors (Lipinski definition) is 0. The lowest BCUT2D eigenvalue weighted by atomic mass is 10.2. The molecule has 9 heavy (non-hydrogen) atoms. The van der Waals surface area contributed by atoms with Crippen LogP contribution < -0.4 is 0 Å². The molecule has 0 spiro atoms. The molecule has 0 saturated carbocycles. The van der Waals surface area contributed by atoms with Gasteiger partial charge in [-0.3, -0.25) is 0 Å². The zero-order valence-corrected chi connectivity index (χ0v) is 4.87. The van der Waals surface area contributed by atoms with Crippen LogP contribution in [0.4, 0.5) is 17.6 Å². The maximum absolute atomic E-state index is 11.9. The maximum atomic E-state index is 11.9. The fourth-order valence-electron chi connectivity index (χ4n) is 0.265. The van der Waals surface area contributed by atoms with E-state index in [0.29, 0.717) is 6.92 Å². The van der Waals surface area contributed by atoms with Gasteiger partial charge < -0.3 is 0 Å². The molecule has 0 nitrogen and oxygen atoms in total. The predicted octanol–water partition coefficient (Wildman–Crippen LogP) is 2.50. The zero-order valence-electron chi connectivity index (χ0n) is 4.87. The van der Waals surface area contributed by atoms with Gasteiger partial charge in [0.05, 0.1) is 0 Å². The van der Waals surface area contributed by atoms with Gasteiger partial charge in [0.15, 0.2) is 6.17 Å². The van der Waals surface area contributed by atoms with Crippen molar-refractivity contribution in [2.24, 2.45) is 0 Å². The summed E-state index contributed by atoms with van der Waals surface area (Å²) < 4.78 is 46.6. The lowest BCUT2D eigenvalue weighted by molar-refractivity contribution is -0.0681. The number of hydrogen-bond donors (Lipinski definition) is 0. The molecule has 1 unspecified atom stereocenters. The van der Waals surface area contributed by atoms with Crippen LogP contribution in [0.25, 0.3) is 0 Å². The van der Waals surface area contributed by atoms with E-state index in [2.05, 4.69) is 0 Å². The summed E-state index contributed by atoms with van der Waals surface area (Å²) in [4.78, 5) is 0. The van der Waals surface area contributed by atoms with Crippen molar-refractivity contribution in [3.05, 3.63) is 6.67 Å². The molecule has 0 heterocycles. The molecular formula is C5H7F4. The van der Waals surface area contributed by atoms with Crippen LogP contribution in [0.3, 0.4) is 0 Å². The second kappa shape index (κ2) is 3.03. The van der Waals surface area contributed by atoms with Crippen LogP contribution in [0.1, 0.15) is 13.3 Å². The van der Waals surface area contributed by atoms with Crippen LogP contribution in [0.5, 0.6) is 0 Å². The predicted molar refractivity (Wildman–Crippen MR) is 25.5 cm³/mol. The Kier molecular flexibility index (Phi) is 2.94. The zero-order chi connectivity index (χ0) is 7.49. The first-order valence-corrected chi connectivity index (χ1v) is 2.44. The highest BCUT2D eigenvalue weighted by atomic mass is 19.3. The summed E-state index contributed by atoms with van der Waals surface area (Å²) in [5, 5.41) is 0. The Morgan fingerprint density at radius 2 is 2.00 bits per heavy atom. The summed E-state index contributed by atoms with van der Waals surface area (Å²) in [7, 11) is 0. The van der Waals surface area contributed by atoms with Crippen molar-refractivity contribution in [1.82, 2.24) is 0 Å². The highest BCUT2D eigenvalue weighted by molar-refractivity contribution is 4.75. The van der Waals surface area contributed by atoms with E-state index in [-0.39, 0.29) is 6.67 Å². The van der Waals surface area contributed by atoms with Crippen molar-refractivity contribution in [1.29, 1.82) is 0 Å². The van der Waals surface area contributed by atoms with Crippen LogP contribution in [0, 0.1) is 6.67 Å². The summed E-state index contributed by atoms with van der Waals surface area (Å²) in [5.41, 5.74) is 0. The third-order valence-corrected chi connectivity index (χ3v) is 0.931. The van der Waals surface area contributed by atoms with Crippen molar-refractivity contribution < 1.29 is 17.6 Å². The van der Waals surface area contributed by atoms with Crippen LogP contribution in [-0.2, 0) is 0 Å². The first-order chi connectivity index (χ1) is 4.00. The lowest BCUT2D eigenvalue weighted by Crippen LogP contribution is -2.26. The molecule has 4 heteroatoms. The van der Waals surface area contributed by atoms with E-state index in [4.69, 9.17) is 0 Å². The highest BCUT2D eigenvalue weighted by Gasteiger charge is 2.36. The third kappa shape index (κ3) is 2.67. The van der Waals surface area contributed by atoms with Gasteiger partial charge in [-0.2, -0.15) is 0 Å². The number of alkyl halides is 3. The van der Waals surface area contributed by atoms with Crippen molar-refractivity contribution >= 4 is 0 Å². The first-order valence-electron chi connectivity index (χ1n) is 2.44. The highest BCUT2D eigenvalue weighted by Crippen LogP contribution is 2.26. The minimum absolute atomic E-state index is 0.240. The Bertz CT molecular complexity index is 79.0. The molecule has 0 N–H and O–H groups in total. The fourth-order valence-corrected chi connectivity index (χ4v) is 0.265. The van der Waals surface area contributed by atoms with E-state index in [1.807, 2.05) is 0 Å². The monoisotopic (exact) mass is 143 g/mol. The minimum Gasteiger partial charge on any atom is -0.244 e. The fraction of sp³-hybridized carbons (Fsp3) is 0.800.